The van der Waals surface area contributed by atoms with Gasteiger partial charge < -0.3 is 14.2 Å². The Hall–Kier alpha value is -0.810. The fraction of sp³-hybridized carbons (Fsp3) is 0.611. The second-order valence-corrected chi connectivity index (χ2v) is 7.37. The minimum absolute atomic E-state index is 0.250. The van der Waals surface area contributed by atoms with Crippen LogP contribution in [0.25, 0.3) is 0 Å². The number of methoxy groups -OCH3 is 1. The van der Waals surface area contributed by atoms with Crippen molar-refractivity contribution in [3.05, 3.63) is 33.8 Å². The molecule has 1 heterocycles. The van der Waals surface area contributed by atoms with Gasteiger partial charge in [-0.25, -0.2) is 0 Å². The fourth-order valence-corrected chi connectivity index (χ4v) is 4.03. The maximum atomic E-state index is 12.3. The molecule has 1 aromatic rings. The van der Waals surface area contributed by atoms with Crippen LogP contribution in [0.4, 0.5) is 0 Å². The SMILES string of the molecule is COC(=O)C(CC1CCC2(C1)OCCCO2)c1ccc(Cl)c(Cl)c1. The molecule has 3 rings (SSSR count). The van der Waals surface area contributed by atoms with E-state index < -0.39 is 5.79 Å². The van der Waals surface area contributed by atoms with Crippen molar-refractivity contribution in [2.45, 2.75) is 43.8 Å². The van der Waals surface area contributed by atoms with E-state index in [1.807, 2.05) is 6.07 Å². The highest BCUT2D eigenvalue weighted by Crippen LogP contribution is 2.44. The summed E-state index contributed by atoms with van der Waals surface area (Å²) in [6, 6.07) is 5.32. The Morgan fingerprint density at radius 3 is 2.75 bits per heavy atom. The van der Waals surface area contributed by atoms with Gasteiger partial charge in [-0.1, -0.05) is 29.3 Å². The average molecular weight is 373 g/mol. The van der Waals surface area contributed by atoms with Gasteiger partial charge in [0.2, 0.25) is 0 Å². The van der Waals surface area contributed by atoms with Crippen molar-refractivity contribution in [1.29, 1.82) is 0 Å². The maximum Gasteiger partial charge on any atom is 0.313 e. The molecule has 2 atom stereocenters. The van der Waals surface area contributed by atoms with Gasteiger partial charge in [-0.05, 0) is 42.9 Å². The highest BCUT2D eigenvalue weighted by Gasteiger charge is 2.43. The molecular formula is C18H22Cl2O4. The molecule has 2 unspecified atom stereocenters. The summed E-state index contributed by atoms with van der Waals surface area (Å²) >= 11 is 12.1. The number of rotatable bonds is 4. The van der Waals surface area contributed by atoms with Crippen LogP contribution in [0.15, 0.2) is 18.2 Å². The normalized spacial score (nSPS) is 24.0. The van der Waals surface area contributed by atoms with Gasteiger partial charge >= 0.3 is 5.97 Å². The standard InChI is InChI=1S/C18H22Cl2O4/c1-22-17(21)14(13-3-4-15(19)16(20)10-13)9-12-5-6-18(11-12)23-7-2-8-24-18/h3-4,10,12,14H,2,5-9,11H2,1H3. The lowest BCUT2D eigenvalue weighted by Gasteiger charge is -2.34. The first-order chi connectivity index (χ1) is 11.5. The van der Waals surface area contributed by atoms with Gasteiger partial charge in [-0.2, -0.15) is 0 Å². The van der Waals surface area contributed by atoms with E-state index in [2.05, 4.69) is 0 Å². The molecule has 6 heteroatoms. The molecule has 1 saturated carbocycles. The van der Waals surface area contributed by atoms with Gasteiger partial charge in [0.15, 0.2) is 5.79 Å². The van der Waals surface area contributed by atoms with E-state index in [1.54, 1.807) is 12.1 Å². The van der Waals surface area contributed by atoms with Gasteiger partial charge in [0.1, 0.15) is 0 Å². The fourth-order valence-electron chi connectivity index (χ4n) is 3.72. The molecule has 0 N–H and O–H groups in total. The Labute approximate surface area is 152 Å². The summed E-state index contributed by atoms with van der Waals surface area (Å²) in [5, 5.41) is 0.928. The molecule has 0 bridgehead atoms. The third-order valence-corrected chi connectivity index (χ3v) is 5.69. The molecule has 1 spiro atoms. The predicted molar refractivity (Wildman–Crippen MR) is 92.4 cm³/mol. The van der Waals surface area contributed by atoms with Crippen LogP contribution in [-0.4, -0.2) is 32.1 Å². The molecular weight excluding hydrogens is 351 g/mol. The maximum absolute atomic E-state index is 12.3. The largest absolute Gasteiger partial charge is 0.469 e. The number of halogens is 2. The minimum Gasteiger partial charge on any atom is -0.469 e. The molecule has 2 aliphatic rings. The zero-order valence-corrected chi connectivity index (χ0v) is 15.2. The number of ether oxygens (including phenoxy) is 3. The van der Waals surface area contributed by atoms with Crippen molar-refractivity contribution in [2.24, 2.45) is 5.92 Å². The van der Waals surface area contributed by atoms with Crippen LogP contribution in [0.5, 0.6) is 0 Å². The molecule has 1 saturated heterocycles. The van der Waals surface area contributed by atoms with Gasteiger partial charge in [0, 0.05) is 12.8 Å². The number of benzene rings is 1. The topological polar surface area (TPSA) is 44.8 Å². The van der Waals surface area contributed by atoms with E-state index in [1.165, 1.54) is 7.11 Å². The molecule has 4 nitrogen and oxygen atoms in total. The van der Waals surface area contributed by atoms with E-state index in [0.717, 1.165) is 44.5 Å². The van der Waals surface area contributed by atoms with E-state index in [9.17, 15) is 4.79 Å². The first kappa shape index (κ1) is 18.0. The van der Waals surface area contributed by atoms with E-state index in [4.69, 9.17) is 37.4 Å². The average Bonchev–Trinajstić information content (AvgIpc) is 2.97. The van der Waals surface area contributed by atoms with Gasteiger partial charge in [0.25, 0.3) is 0 Å². The van der Waals surface area contributed by atoms with Crippen molar-refractivity contribution >= 4 is 29.2 Å². The van der Waals surface area contributed by atoms with Gasteiger partial charge in [-0.15, -0.1) is 0 Å². The first-order valence-electron chi connectivity index (χ1n) is 8.34. The third kappa shape index (κ3) is 3.88. The lowest BCUT2D eigenvalue weighted by Crippen LogP contribution is -2.38. The molecule has 0 aromatic heterocycles. The summed E-state index contributed by atoms with van der Waals surface area (Å²) in [5.41, 5.74) is 0.836. The summed E-state index contributed by atoms with van der Waals surface area (Å²) in [5.74, 6) is -0.698. The molecule has 1 aliphatic carbocycles. The van der Waals surface area contributed by atoms with Crippen molar-refractivity contribution in [2.75, 3.05) is 20.3 Å². The molecule has 1 aliphatic heterocycles. The van der Waals surface area contributed by atoms with Crippen LogP contribution in [0.3, 0.4) is 0 Å². The van der Waals surface area contributed by atoms with Crippen molar-refractivity contribution < 1.29 is 19.0 Å². The lowest BCUT2D eigenvalue weighted by molar-refractivity contribution is -0.263. The number of carbonyl (C=O) groups is 1. The highest BCUT2D eigenvalue weighted by atomic mass is 35.5. The van der Waals surface area contributed by atoms with Crippen LogP contribution >= 0.6 is 23.2 Å². The second-order valence-electron chi connectivity index (χ2n) is 6.55. The van der Waals surface area contributed by atoms with Crippen molar-refractivity contribution in [3.8, 4) is 0 Å². The van der Waals surface area contributed by atoms with Gasteiger partial charge in [-0.3, -0.25) is 4.79 Å². The predicted octanol–water partition coefficient (Wildman–Crippen LogP) is 4.57. The molecule has 0 amide bonds. The summed E-state index contributed by atoms with van der Waals surface area (Å²) < 4.78 is 16.8. The quantitative estimate of drug-likeness (QED) is 0.725. The van der Waals surface area contributed by atoms with E-state index >= 15 is 0 Å². The monoisotopic (exact) mass is 372 g/mol. The number of hydrogen-bond acceptors (Lipinski definition) is 4. The molecule has 132 valence electrons. The molecule has 24 heavy (non-hydrogen) atoms. The highest BCUT2D eigenvalue weighted by molar-refractivity contribution is 6.42. The Balaban J connectivity index is 1.73. The van der Waals surface area contributed by atoms with Gasteiger partial charge in [0.05, 0.1) is 36.3 Å². The Kier molecular flexibility index (Phi) is 5.70. The van der Waals surface area contributed by atoms with Crippen LogP contribution < -0.4 is 0 Å². The third-order valence-electron chi connectivity index (χ3n) is 4.95. The Morgan fingerprint density at radius 1 is 1.33 bits per heavy atom. The van der Waals surface area contributed by atoms with Crippen LogP contribution in [0, 0.1) is 5.92 Å². The van der Waals surface area contributed by atoms with E-state index in [-0.39, 0.29) is 11.9 Å². The number of esters is 1. The number of carbonyl (C=O) groups excluding carboxylic acids is 1. The summed E-state index contributed by atoms with van der Waals surface area (Å²) in [4.78, 5) is 12.3. The summed E-state index contributed by atoms with van der Waals surface area (Å²) in [6.45, 7) is 1.50. The van der Waals surface area contributed by atoms with Crippen LogP contribution in [0.1, 0.15) is 43.6 Å². The first-order valence-corrected chi connectivity index (χ1v) is 9.09. The lowest BCUT2D eigenvalue weighted by atomic mass is 9.87. The Morgan fingerprint density at radius 2 is 2.08 bits per heavy atom. The zero-order valence-electron chi connectivity index (χ0n) is 13.7. The minimum atomic E-state index is -0.443. The molecule has 2 fully saturated rings. The molecule has 1 aromatic carbocycles. The zero-order chi connectivity index (χ0) is 17.2. The van der Waals surface area contributed by atoms with E-state index in [0.29, 0.717) is 22.4 Å². The smallest absolute Gasteiger partial charge is 0.313 e. The Bertz CT molecular complexity index is 599. The summed E-state index contributed by atoms with van der Waals surface area (Å²) in [6.07, 6.45) is 4.32. The van der Waals surface area contributed by atoms with Crippen molar-refractivity contribution in [1.82, 2.24) is 0 Å². The number of hydrogen-bond donors (Lipinski definition) is 0. The summed E-state index contributed by atoms with van der Waals surface area (Å²) in [7, 11) is 1.41. The van der Waals surface area contributed by atoms with Crippen molar-refractivity contribution in [3.63, 3.8) is 0 Å². The van der Waals surface area contributed by atoms with Crippen LogP contribution in [0.2, 0.25) is 10.0 Å². The molecule has 0 radical (unpaired) electrons. The van der Waals surface area contributed by atoms with Crippen LogP contribution in [-0.2, 0) is 19.0 Å². The second kappa shape index (κ2) is 7.61.